The molecule has 67 heavy (non-hydrogen) atoms. The topological polar surface area (TPSA) is 46.5 Å². The number of fused-ring (bicyclic) bond motifs is 6. The molecule has 12 rings (SSSR count). The summed E-state index contributed by atoms with van der Waals surface area (Å²) >= 11 is 0. The summed E-state index contributed by atoms with van der Waals surface area (Å²) in [7, 11) is 0. The Morgan fingerprint density at radius 1 is 0.328 bits per heavy atom. The third kappa shape index (κ3) is 6.88. The molecule has 12 aromatic rings. The van der Waals surface area contributed by atoms with E-state index in [4.69, 9.17) is 0 Å². The summed E-state index contributed by atoms with van der Waals surface area (Å²) in [6.45, 7) is 6.42. The van der Waals surface area contributed by atoms with Crippen molar-refractivity contribution in [3.8, 4) is 73.1 Å². The Labute approximate surface area is 389 Å². The van der Waals surface area contributed by atoms with Gasteiger partial charge >= 0.3 is 0 Å². The number of rotatable bonds is 7. The second-order valence-corrected chi connectivity index (χ2v) is 17.8. The molecule has 3 heterocycles. The van der Waals surface area contributed by atoms with Crippen molar-refractivity contribution in [1.82, 2.24) is 14.1 Å². The number of pyridine rings is 1. The highest BCUT2D eigenvalue weighted by molar-refractivity contribution is 6.14. The number of nitriles is 1. The second-order valence-electron chi connectivity index (χ2n) is 17.8. The van der Waals surface area contributed by atoms with E-state index in [0.29, 0.717) is 5.56 Å². The van der Waals surface area contributed by atoms with Crippen LogP contribution in [0.5, 0.6) is 0 Å². The number of aryl methyl sites for hydroxylation is 3. The van der Waals surface area contributed by atoms with Gasteiger partial charge in [0, 0.05) is 33.9 Å². The summed E-state index contributed by atoms with van der Waals surface area (Å²) in [6, 6.07) is 75.0. The Hall–Kier alpha value is -8.78. The molecule has 0 amide bonds. The lowest BCUT2D eigenvalue weighted by molar-refractivity contribution is 1.12. The summed E-state index contributed by atoms with van der Waals surface area (Å²) in [5.74, 6) is 0. The molecule has 0 fully saturated rings. The molecule has 3 aromatic heterocycles. The summed E-state index contributed by atoms with van der Waals surface area (Å²) in [4.78, 5) is 4.40. The highest BCUT2D eigenvalue weighted by Gasteiger charge is 2.24. The Kier molecular flexibility index (Phi) is 9.52. The quantitative estimate of drug-likeness (QED) is 0.160. The molecule has 0 saturated carbocycles. The Bertz CT molecular complexity index is 3860. The summed E-state index contributed by atoms with van der Waals surface area (Å²) < 4.78 is 4.63. The minimum absolute atomic E-state index is 0.579. The first-order valence-electron chi connectivity index (χ1n) is 22.8. The zero-order valence-electron chi connectivity index (χ0n) is 37.5. The normalized spacial score (nSPS) is 11.5. The van der Waals surface area contributed by atoms with Gasteiger partial charge in [0.05, 0.1) is 33.4 Å². The second kappa shape index (κ2) is 16.0. The van der Waals surface area contributed by atoms with E-state index >= 15 is 0 Å². The van der Waals surface area contributed by atoms with Gasteiger partial charge in [-0.15, -0.1) is 0 Å². The molecule has 0 aliphatic carbocycles. The zero-order valence-corrected chi connectivity index (χ0v) is 37.5. The first kappa shape index (κ1) is 39.8. The Morgan fingerprint density at radius 3 is 1.04 bits per heavy atom. The van der Waals surface area contributed by atoms with Gasteiger partial charge in [-0.3, -0.25) is 4.98 Å². The van der Waals surface area contributed by atoms with Gasteiger partial charge in [0.1, 0.15) is 11.6 Å². The van der Waals surface area contributed by atoms with Crippen LogP contribution in [0.25, 0.3) is 111 Å². The smallest absolute Gasteiger partial charge is 0.104 e. The van der Waals surface area contributed by atoms with Crippen molar-refractivity contribution in [1.29, 1.82) is 5.26 Å². The van der Waals surface area contributed by atoms with Crippen LogP contribution in [0.15, 0.2) is 213 Å². The SMILES string of the molecule is Cc1cccc(-c2ccc3c(c2)c2cc(-c4ccccc4)ccc2n3-c2cc(-c3ccncc3)cc(-n3c4ccc(-c5cccc(C)c5)cc4c4cc(-c5cccc(C)c5)ccc43)c2C#N)c1. The number of benzene rings is 9. The lowest BCUT2D eigenvalue weighted by atomic mass is 9.99. The number of hydrogen-bond acceptors (Lipinski definition) is 2. The van der Waals surface area contributed by atoms with Gasteiger partial charge in [-0.25, -0.2) is 0 Å². The maximum Gasteiger partial charge on any atom is 0.104 e. The third-order valence-corrected chi connectivity index (χ3v) is 13.4. The van der Waals surface area contributed by atoms with Crippen molar-refractivity contribution in [2.75, 3.05) is 0 Å². The van der Waals surface area contributed by atoms with Gasteiger partial charge in [-0.2, -0.15) is 5.26 Å². The fraction of sp³-hybridized carbons (Fsp3) is 0.0476. The molecule has 0 unspecified atom stereocenters. The molecule has 4 heteroatoms. The number of aromatic nitrogens is 3. The van der Waals surface area contributed by atoms with Gasteiger partial charge in [-0.1, -0.05) is 144 Å². The van der Waals surface area contributed by atoms with Crippen LogP contribution in [-0.2, 0) is 0 Å². The Balaban J connectivity index is 1.17. The lowest BCUT2D eigenvalue weighted by Crippen LogP contribution is -2.05. The minimum Gasteiger partial charge on any atom is -0.308 e. The predicted molar refractivity (Wildman–Crippen MR) is 279 cm³/mol. The zero-order chi connectivity index (χ0) is 45.2. The summed E-state index contributed by atoms with van der Waals surface area (Å²) in [5.41, 5.74) is 21.2. The van der Waals surface area contributed by atoms with E-state index in [9.17, 15) is 5.26 Å². The van der Waals surface area contributed by atoms with Crippen LogP contribution in [-0.4, -0.2) is 14.1 Å². The van der Waals surface area contributed by atoms with Crippen molar-refractivity contribution in [3.63, 3.8) is 0 Å². The lowest BCUT2D eigenvalue weighted by Gasteiger charge is -2.18. The van der Waals surface area contributed by atoms with Gasteiger partial charge in [0.25, 0.3) is 0 Å². The molecule has 0 N–H and O–H groups in total. The third-order valence-electron chi connectivity index (χ3n) is 13.4. The van der Waals surface area contributed by atoms with Crippen LogP contribution >= 0.6 is 0 Å². The van der Waals surface area contributed by atoms with E-state index in [1.165, 1.54) is 33.4 Å². The van der Waals surface area contributed by atoms with Crippen molar-refractivity contribution in [3.05, 3.63) is 235 Å². The highest BCUT2D eigenvalue weighted by Crippen LogP contribution is 2.43. The van der Waals surface area contributed by atoms with Crippen molar-refractivity contribution in [2.24, 2.45) is 0 Å². The molecule has 0 aliphatic rings. The van der Waals surface area contributed by atoms with Gasteiger partial charge in [0.2, 0.25) is 0 Å². The number of hydrogen-bond donors (Lipinski definition) is 0. The highest BCUT2D eigenvalue weighted by atomic mass is 15.0. The molecule has 4 nitrogen and oxygen atoms in total. The van der Waals surface area contributed by atoms with E-state index in [1.54, 1.807) is 0 Å². The van der Waals surface area contributed by atoms with E-state index in [1.807, 2.05) is 12.4 Å². The monoisotopic (exact) mass is 856 g/mol. The van der Waals surface area contributed by atoms with E-state index in [0.717, 1.165) is 93.9 Å². The molecular formula is C63H44N4. The Morgan fingerprint density at radius 2 is 0.672 bits per heavy atom. The molecular weight excluding hydrogens is 813 g/mol. The van der Waals surface area contributed by atoms with Crippen LogP contribution in [0.2, 0.25) is 0 Å². The van der Waals surface area contributed by atoms with E-state index < -0.39 is 0 Å². The predicted octanol–water partition coefficient (Wildman–Crippen LogP) is 16.4. The number of nitrogens with zero attached hydrogens (tertiary/aromatic N) is 4. The van der Waals surface area contributed by atoms with Gasteiger partial charge < -0.3 is 9.13 Å². The average molecular weight is 857 g/mol. The standard InChI is InChI=1S/C63H44N4/c1-40-10-7-15-45(30-40)49-19-23-59-54(34-49)53-33-48(43-13-5-4-6-14-43)18-22-58(53)66(59)62-37-52(44-26-28-65-29-27-44)38-63(57(62)39-64)67-60-24-20-50(46-16-8-11-41(2)31-46)35-55(60)56-36-51(21-25-61(56)67)47-17-9-12-42(3)32-47/h4-38H,1-3H3. The molecule has 0 spiro atoms. The van der Waals surface area contributed by atoms with Gasteiger partial charge in [-0.05, 0) is 149 Å². The van der Waals surface area contributed by atoms with Crippen molar-refractivity contribution in [2.45, 2.75) is 20.8 Å². The van der Waals surface area contributed by atoms with Crippen LogP contribution < -0.4 is 0 Å². The van der Waals surface area contributed by atoms with Crippen LogP contribution in [0, 0.1) is 32.1 Å². The first-order chi connectivity index (χ1) is 32.9. The van der Waals surface area contributed by atoms with Crippen LogP contribution in [0.4, 0.5) is 0 Å². The average Bonchev–Trinajstić information content (AvgIpc) is 3.87. The maximum absolute atomic E-state index is 11.7. The van der Waals surface area contributed by atoms with E-state index in [-0.39, 0.29) is 0 Å². The summed E-state index contributed by atoms with van der Waals surface area (Å²) in [6.07, 6.45) is 3.68. The molecule has 316 valence electrons. The minimum atomic E-state index is 0.579. The molecule has 0 bridgehead atoms. The molecule has 0 aliphatic heterocycles. The fourth-order valence-electron chi connectivity index (χ4n) is 10.2. The first-order valence-corrected chi connectivity index (χ1v) is 22.8. The fourth-order valence-corrected chi connectivity index (χ4v) is 10.2. The van der Waals surface area contributed by atoms with Crippen LogP contribution in [0.3, 0.4) is 0 Å². The van der Waals surface area contributed by atoms with Crippen molar-refractivity contribution < 1.29 is 0 Å². The van der Waals surface area contributed by atoms with Crippen LogP contribution in [0.1, 0.15) is 22.3 Å². The summed E-state index contributed by atoms with van der Waals surface area (Å²) in [5, 5.41) is 16.2. The molecule has 0 atom stereocenters. The van der Waals surface area contributed by atoms with Gasteiger partial charge in [0.15, 0.2) is 0 Å². The van der Waals surface area contributed by atoms with E-state index in [2.05, 4.69) is 241 Å². The largest absolute Gasteiger partial charge is 0.308 e. The molecule has 0 saturated heterocycles. The maximum atomic E-state index is 11.7. The molecule has 9 aromatic carbocycles. The molecule has 0 radical (unpaired) electrons. The van der Waals surface area contributed by atoms with Crippen molar-refractivity contribution >= 4 is 43.6 Å².